The zero-order chi connectivity index (χ0) is 10.7. The summed E-state index contributed by atoms with van der Waals surface area (Å²) in [7, 11) is 0. The van der Waals surface area contributed by atoms with E-state index in [2.05, 4.69) is 19.1 Å². The van der Waals surface area contributed by atoms with Crippen LogP contribution in [0.25, 0.3) is 0 Å². The summed E-state index contributed by atoms with van der Waals surface area (Å²) in [6.07, 6.45) is 1.70. The fraction of sp³-hybridized carbons (Fsp3) is 0.462. The van der Waals surface area contributed by atoms with E-state index >= 15 is 0 Å². The monoisotopic (exact) mass is 220 g/mol. The van der Waals surface area contributed by atoms with Gasteiger partial charge in [-0.25, -0.2) is 0 Å². The first-order valence-corrected chi connectivity index (χ1v) is 6.58. The molecule has 0 bridgehead atoms. The molecule has 1 aliphatic heterocycles. The van der Waals surface area contributed by atoms with E-state index in [0.717, 1.165) is 17.9 Å². The summed E-state index contributed by atoms with van der Waals surface area (Å²) in [5, 5.41) is 0. The van der Waals surface area contributed by atoms with Crippen LogP contribution in [0.2, 0.25) is 0 Å². The van der Waals surface area contributed by atoms with Crippen LogP contribution in [0.4, 0.5) is 0 Å². The van der Waals surface area contributed by atoms with Gasteiger partial charge in [0, 0.05) is 18.1 Å². The maximum atomic E-state index is 12.0. The fourth-order valence-corrected chi connectivity index (χ4v) is 3.18. The molecule has 1 heterocycles. The number of ketones is 1. The molecule has 1 aromatic rings. The van der Waals surface area contributed by atoms with Crippen molar-refractivity contribution in [3.63, 3.8) is 0 Å². The van der Waals surface area contributed by atoms with E-state index in [1.165, 1.54) is 11.1 Å². The molecule has 0 saturated carbocycles. The fourth-order valence-electron chi connectivity index (χ4n) is 1.93. The molecule has 1 unspecified atom stereocenters. The maximum absolute atomic E-state index is 12.0. The van der Waals surface area contributed by atoms with Crippen LogP contribution in [0, 0.1) is 12.8 Å². The van der Waals surface area contributed by atoms with Gasteiger partial charge in [-0.15, -0.1) is 0 Å². The second kappa shape index (κ2) is 4.84. The van der Waals surface area contributed by atoms with Gasteiger partial charge >= 0.3 is 0 Å². The molecule has 0 N–H and O–H groups in total. The van der Waals surface area contributed by atoms with Gasteiger partial charge in [-0.05, 0) is 30.2 Å². The number of aryl methyl sites for hydroxylation is 1. The van der Waals surface area contributed by atoms with E-state index in [1.54, 1.807) is 0 Å². The highest BCUT2D eigenvalue weighted by molar-refractivity contribution is 7.99. The van der Waals surface area contributed by atoms with E-state index < -0.39 is 0 Å². The first-order chi connectivity index (χ1) is 7.27. The molecule has 1 aromatic carbocycles. The van der Waals surface area contributed by atoms with Gasteiger partial charge in [0.05, 0.1) is 0 Å². The largest absolute Gasteiger partial charge is 0.299 e. The topological polar surface area (TPSA) is 17.1 Å². The SMILES string of the molecule is Cc1ccccc1CC(=O)C1CCSC1. The molecule has 0 aliphatic carbocycles. The van der Waals surface area contributed by atoms with Crippen LogP contribution < -0.4 is 0 Å². The van der Waals surface area contributed by atoms with Crippen molar-refractivity contribution >= 4 is 17.5 Å². The first-order valence-electron chi connectivity index (χ1n) is 5.42. The number of thioether (sulfide) groups is 1. The summed E-state index contributed by atoms with van der Waals surface area (Å²) in [5.74, 6) is 2.93. The third-order valence-corrected chi connectivity index (χ3v) is 4.17. The van der Waals surface area contributed by atoms with E-state index in [1.807, 2.05) is 23.9 Å². The minimum Gasteiger partial charge on any atom is -0.299 e. The van der Waals surface area contributed by atoms with Crippen molar-refractivity contribution in [1.29, 1.82) is 0 Å². The standard InChI is InChI=1S/C13H16OS/c1-10-4-2-3-5-11(10)8-13(14)12-6-7-15-9-12/h2-5,12H,6-9H2,1H3. The van der Waals surface area contributed by atoms with Gasteiger partial charge in [0.1, 0.15) is 5.78 Å². The number of carbonyl (C=O) groups is 1. The van der Waals surface area contributed by atoms with E-state index in [4.69, 9.17) is 0 Å². The minimum absolute atomic E-state index is 0.314. The second-order valence-electron chi connectivity index (χ2n) is 4.13. The third-order valence-electron chi connectivity index (χ3n) is 3.01. The van der Waals surface area contributed by atoms with Gasteiger partial charge in [0.2, 0.25) is 0 Å². The van der Waals surface area contributed by atoms with Gasteiger partial charge in [-0.1, -0.05) is 24.3 Å². The van der Waals surface area contributed by atoms with Crippen molar-refractivity contribution in [3.8, 4) is 0 Å². The lowest BCUT2D eigenvalue weighted by molar-refractivity contribution is -0.121. The Hall–Kier alpha value is -0.760. The normalized spacial score (nSPS) is 20.5. The number of carbonyl (C=O) groups excluding carboxylic acids is 1. The highest BCUT2D eigenvalue weighted by Crippen LogP contribution is 2.25. The number of hydrogen-bond donors (Lipinski definition) is 0. The number of benzene rings is 1. The summed E-state index contributed by atoms with van der Waals surface area (Å²) in [6.45, 7) is 2.08. The zero-order valence-electron chi connectivity index (χ0n) is 9.03. The summed E-state index contributed by atoms with van der Waals surface area (Å²) in [6, 6.07) is 8.18. The molecule has 2 rings (SSSR count). The lowest BCUT2D eigenvalue weighted by Crippen LogP contribution is -2.16. The zero-order valence-corrected chi connectivity index (χ0v) is 9.85. The Kier molecular flexibility index (Phi) is 3.47. The molecule has 0 radical (unpaired) electrons. The van der Waals surface area contributed by atoms with Crippen molar-refractivity contribution in [2.75, 3.05) is 11.5 Å². The van der Waals surface area contributed by atoms with Crippen molar-refractivity contribution in [2.24, 2.45) is 5.92 Å². The molecule has 1 nitrogen and oxygen atoms in total. The van der Waals surface area contributed by atoms with E-state index in [0.29, 0.717) is 18.1 Å². The molecule has 1 fully saturated rings. The van der Waals surface area contributed by atoms with E-state index in [-0.39, 0.29) is 0 Å². The minimum atomic E-state index is 0.314. The molecule has 0 spiro atoms. The van der Waals surface area contributed by atoms with Crippen LogP contribution in [0.3, 0.4) is 0 Å². The molecule has 0 aromatic heterocycles. The van der Waals surface area contributed by atoms with Crippen molar-refractivity contribution in [1.82, 2.24) is 0 Å². The lowest BCUT2D eigenvalue weighted by atomic mass is 9.95. The number of Topliss-reactive ketones (excluding diaryl/α,β-unsaturated/α-hetero) is 1. The Morgan fingerprint density at radius 3 is 2.93 bits per heavy atom. The predicted octanol–water partition coefficient (Wildman–Crippen LogP) is 2.86. The molecule has 1 saturated heterocycles. The Morgan fingerprint density at radius 1 is 1.47 bits per heavy atom. The third kappa shape index (κ3) is 2.63. The van der Waals surface area contributed by atoms with Gasteiger partial charge < -0.3 is 0 Å². The van der Waals surface area contributed by atoms with Crippen LogP contribution in [-0.2, 0) is 11.2 Å². The maximum Gasteiger partial charge on any atom is 0.141 e. The summed E-state index contributed by atoms with van der Waals surface area (Å²) < 4.78 is 0. The summed E-state index contributed by atoms with van der Waals surface area (Å²) in [5.41, 5.74) is 2.43. The first kappa shape index (κ1) is 10.7. The van der Waals surface area contributed by atoms with Crippen LogP contribution >= 0.6 is 11.8 Å². The lowest BCUT2D eigenvalue weighted by Gasteiger charge is -2.08. The average molecular weight is 220 g/mol. The second-order valence-corrected chi connectivity index (χ2v) is 5.28. The van der Waals surface area contributed by atoms with Crippen LogP contribution in [0.15, 0.2) is 24.3 Å². The van der Waals surface area contributed by atoms with Gasteiger partial charge in [-0.2, -0.15) is 11.8 Å². The number of rotatable bonds is 3. The average Bonchev–Trinajstić information content (AvgIpc) is 2.74. The summed E-state index contributed by atoms with van der Waals surface area (Å²) in [4.78, 5) is 12.0. The van der Waals surface area contributed by atoms with Gasteiger partial charge in [-0.3, -0.25) is 4.79 Å². The highest BCUT2D eigenvalue weighted by atomic mass is 32.2. The van der Waals surface area contributed by atoms with Gasteiger partial charge in [0.15, 0.2) is 0 Å². The Morgan fingerprint density at radius 2 is 2.27 bits per heavy atom. The smallest absolute Gasteiger partial charge is 0.141 e. The molecule has 80 valence electrons. The highest BCUT2D eigenvalue weighted by Gasteiger charge is 2.23. The van der Waals surface area contributed by atoms with E-state index in [9.17, 15) is 4.79 Å². The Labute approximate surface area is 95.3 Å². The van der Waals surface area contributed by atoms with Gasteiger partial charge in [0.25, 0.3) is 0 Å². The molecule has 1 atom stereocenters. The van der Waals surface area contributed by atoms with Crippen LogP contribution in [-0.4, -0.2) is 17.3 Å². The molecule has 2 heteroatoms. The molecular weight excluding hydrogens is 204 g/mol. The van der Waals surface area contributed by atoms with Crippen molar-refractivity contribution in [3.05, 3.63) is 35.4 Å². The molecule has 15 heavy (non-hydrogen) atoms. The predicted molar refractivity (Wildman–Crippen MR) is 65.3 cm³/mol. The Balaban J connectivity index is 2.02. The Bertz CT molecular complexity index is 353. The quantitative estimate of drug-likeness (QED) is 0.779. The van der Waals surface area contributed by atoms with Crippen molar-refractivity contribution < 1.29 is 4.79 Å². The van der Waals surface area contributed by atoms with Crippen LogP contribution in [0.5, 0.6) is 0 Å². The van der Waals surface area contributed by atoms with Crippen molar-refractivity contribution in [2.45, 2.75) is 19.8 Å². The van der Waals surface area contributed by atoms with Crippen LogP contribution in [0.1, 0.15) is 17.5 Å². The molecule has 0 amide bonds. The molecule has 1 aliphatic rings. The number of hydrogen-bond acceptors (Lipinski definition) is 2. The molecular formula is C13H16OS. The summed E-state index contributed by atoms with van der Waals surface area (Å²) >= 11 is 1.90.